The maximum absolute atomic E-state index is 13.7. The Morgan fingerprint density at radius 1 is 0.878 bits per heavy atom. The van der Waals surface area contributed by atoms with Gasteiger partial charge in [-0.05, 0) is 148 Å². The van der Waals surface area contributed by atoms with Gasteiger partial charge in [-0.3, -0.25) is 34.6 Å². The van der Waals surface area contributed by atoms with Crippen LogP contribution in [-0.2, 0) is 29.6 Å². The van der Waals surface area contributed by atoms with Crippen molar-refractivity contribution >= 4 is 72.8 Å². The van der Waals surface area contributed by atoms with Gasteiger partial charge in [0.25, 0.3) is 5.91 Å². The van der Waals surface area contributed by atoms with E-state index in [1.165, 1.54) is 36.3 Å². The summed E-state index contributed by atoms with van der Waals surface area (Å²) in [7, 11) is 1.92. The van der Waals surface area contributed by atoms with Crippen LogP contribution >= 0.6 is 11.3 Å². The lowest BCUT2D eigenvalue weighted by atomic mass is 9.84. The number of pyridine rings is 1. The summed E-state index contributed by atoms with van der Waals surface area (Å²) >= 11 is 1.44. The number of amides is 3. The van der Waals surface area contributed by atoms with E-state index in [9.17, 15) is 24.3 Å². The van der Waals surface area contributed by atoms with Gasteiger partial charge in [-0.15, -0.1) is 0 Å². The summed E-state index contributed by atoms with van der Waals surface area (Å²) in [6.07, 6.45) is 9.52. The molecule has 0 bridgehead atoms. The Kier molecular flexibility index (Phi) is 13.9. The summed E-state index contributed by atoms with van der Waals surface area (Å²) in [5.41, 5.74) is 8.52. The normalized spacial score (nSPS) is 20.4. The standard InChI is InChI=1S/C58H63N9O6S/c1-35-33-65(30-31-67(35)39-19-22-44-48(32-39)64(3)63-53(44)45-24-26-52(68)61-56(45)70)28-7-6-10-37-17-20-40(21-18-37)73-49-15-9-12-41(36(49)2)42-23-25-51(60-54(42)57(71)72)66-29-27-38-11-8-13-43(46(38)34-66)55(69)62-58-59-47-14-4-5-16-50(47)74-58/h4-5,8-9,11-16,19,22-23,25,32,35,37,40,45H,6-7,10,17-18,20-21,24,26-31,33-34H2,1-3H3,(H,71,72)(H,59,62,69)(H,61,68,70)/t35-,37-,40-,45?/m0/s1. The quantitative estimate of drug-likeness (QED) is 0.0696. The van der Waals surface area contributed by atoms with Crippen molar-refractivity contribution in [2.75, 3.05) is 47.8 Å². The predicted molar refractivity (Wildman–Crippen MR) is 289 cm³/mol. The molecule has 3 fully saturated rings. The second-order valence-corrected chi connectivity index (χ2v) is 21.7. The van der Waals surface area contributed by atoms with E-state index in [-0.39, 0.29) is 29.5 Å². The van der Waals surface area contributed by atoms with Gasteiger partial charge in [-0.1, -0.05) is 60.6 Å². The zero-order chi connectivity index (χ0) is 51.0. The van der Waals surface area contributed by atoms with Crippen molar-refractivity contribution < 1.29 is 29.0 Å². The topological polar surface area (TPSA) is 175 Å². The number of hydrogen-bond donors (Lipinski definition) is 3. The fraction of sp³-hybridized carbons (Fsp3) is 0.397. The molecule has 6 heterocycles. The van der Waals surface area contributed by atoms with Crippen LogP contribution in [0.4, 0.5) is 16.6 Å². The lowest BCUT2D eigenvalue weighted by molar-refractivity contribution is -0.134. The molecule has 74 heavy (non-hydrogen) atoms. The van der Waals surface area contributed by atoms with Gasteiger partial charge < -0.3 is 19.6 Å². The molecule has 1 aliphatic carbocycles. The third-order valence-corrected chi connectivity index (χ3v) is 16.9. The average Bonchev–Trinajstić information content (AvgIpc) is 3.97. The maximum Gasteiger partial charge on any atom is 0.355 e. The summed E-state index contributed by atoms with van der Waals surface area (Å²) in [5.74, 6) is -0.187. The van der Waals surface area contributed by atoms with Crippen molar-refractivity contribution in [3.63, 3.8) is 0 Å². The Hall–Kier alpha value is -7.17. The highest BCUT2D eigenvalue weighted by atomic mass is 32.1. The number of carbonyl (C=O) groups is 4. The Balaban J connectivity index is 0.654. The van der Waals surface area contributed by atoms with Crippen molar-refractivity contribution in [3.05, 3.63) is 125 Å². The predicted octanol–water partition coefficient (Wildman–Crippen LogP) is 9.91. The van der Waals surface area contributed by atoms with Crippen LogP contribution in [-0.4, -0.2) is 98.3 Å². The van der Waals surface area contributed by atoms with Crippen LogP contribution in [0.3, 0.4) is 0 Å². The van der Waals surface area contributed by atoms with E-state index in [0.717, 1.165) is 107 Å². The molecule has 16 heteroatoms. The number of aryl methyl sites for hydroxylation is 1. The number of anilines is 3. The van der Waals surface area contributed by atoms with Gasteiger partial charge in [-0.2, -0.15) is 5.10 Å². The maximum atomic E-state index is 13.7. The third kappa shape index (κ3) is 10.1. The number of piperazine rings is 1. The van der Waals surface area contributed by atoms with Gasteiger partial charge in [0.2, 0.25) is 11.8 Å². The van der Waals surface area contributed by atoms with E-state index in [0.29, 0.717) is 66.4 Å². The number of fused-ring (bicyclic) bond motifs is 3. The van der Waals surface area contributed by atoms with Gasteiger partial charge in [0, 0.05) is 74.4 Å². The van der Waals surface area contributed by atoms with Crippen LogP contribution < -0.4 is 25.2 Å². The number of para-hydroxylation sites is 1. The number of nitrogens with one attached hydrogen (secondary N) is 2. The number of carbonyl (C=O) groups excluding carboxylic acids is 3. The van der Waals surface area contributed by atoms with Gasteiger partial charge in [0.15, 0.2) is 10.8 Å². The van der Waals surface area contributed by atoms with Crippen LogP contribution in [0.25, 0.3) is 32.2 Å². The van der Waals surface area contributed by atoms with E-state index < -0.39 is 11.9 Å². The Labute approximate surface area is 434 Å². The number of aromatic nitrogens is 4. The number of carboxylic acid groups (broad SMARTS) is 1. The molecule has 1 saturated carbocycles. The molecule has 0 radical (unpaired) electrons. The lowest BCUT2D eigenvalue weighted by Crippen LogP contribution is -2.52. The number of aromatic carboxylic acids is 1. The Morgan fingerprint density at radius 3 is 2.53 bits per heavy atom. The molecule has 2 atom stereocenters. The monoisotopic (exact) mass is 1010 g/mol. The van der Waals surface area contributed by atoms with Crippen LogP contribution in [0.5, 0.6) is 5.75 Å². The number of benzene rings is 4. The van der Waals surface area contributed by atoms with Crippen LogP contribution in [0.2, 0.25) is 0 Å². The fourth-order valence-electron chi connectivity index (χ4n) is 11.9. The van der Waals surface area contributed by atoms with E-state index >= 15 is 0 Å². The number of carboxylic acids is 1. The number of hydrogen-bond acceptors (Lipinski definition) is 12. The third-order valence-electron chi connectivity index (χ3n) is 15.9. The van der Waals surface area contributed by atoms with E-state index in [4.69, 9.17) is 14.8 Å². The molecule has 4 aliphatic rings. The first-order valence-electron chi connectivity index (χ1n) is 26.3. The van der Waals surface area contributed by atoms with Crippen LogP contribution in [0.15, 0.2) is 91.0 Å². The molecule has 15 nitrogen and oxygen atoms in total. The molecule has 3 aromatic heterocycles. The number of piperidine rings is 1. The molecule has 7 aromatic rings. The largest absolute Gasteiger partial charge is 0.490 e. The smallest absolute Gasteiger partial charge is 0.355 e. The molecule has 382 valence electrons. The first kappa shape index (κ1) is 49.1. The fourth-order valence-corrected chi connectivity index (χ4v) is 12.7. The first-order valence-corrected chi connectivity index (χ1v) is 27.1. The summed E-state index contributed by atoms with van der Waals surface area (Å²) in [4.78, 5) is 67.5. The highest BCUT2D eigenvalue weighted by molar-refractivity contribution is 7.22. The molecule has 3 aliphatic heterocycles. The SMILES string of the molecule is Cc1c(O[C@H]2CC[C@H](CCCCN3CCN(c4ccc5c(C6CCC(=O)NC6=O)nn(C)c5c4)[C@@H](C)C3)CC2)cccc1-c1ccc(N2CCc3cccc(C(=O)Nc4nc5ccccc5s4)c3C2)nc1C(=O)O. The van der Waals surface area contributed by atoms with Gasteiger partial charge in [-0.25, -0.2) is 14.8 Å². The highest BCUT2D eigenvalue weighted by Crippen LogP contribution is 2.38. The molecular formula is C58H63N9O6S. The van der Waals surface area contributed by atoms with Crippen molar-refractivity contribution in [1.29, 1.82) is 0 Å². The number of rotatable bonds is 14. The van der Waals surface area contributed by atoms with E-state index in [2.05, 4.69) is 61.5 Å². The zero-order valence-corrected chi connectivity index (χ0v) is 43.1. The number of unbranched alkanes of at least 4 members (excludes halogenated alkanes) is 1. The lowest BCUT2D eigenvalue weighted by Gasteiger charge is -2.41. The summed E-state index contributed by atoms with van der Waals surface area (Å²) in [5, 5.41) is 22.3. The molecular weight excluding hydrogens is 951 g/mol. The van der Waals surface area contributed by atoms with Crippen LogP contribution in [0, 0.1) is 12.8 Å². The van der Waals surface area contributed by atoms with E-state index in [1.807, 2.05) is 85.4 Å². The summed E-state index contributed by atoms with van der Waals surface area (Å²) in [6.45, 7) is 9.44. The van der Waals surface area contributed by atoms with Crippen molar-refractivity contribution in [3.8, 4) is 16.9 Å². The molecule has 1 unspecified atom stereocenters. The first-order chi connectivity index (χ1) is 35.9. The zero-order valence-electron chi connectivity index (χ0n) is 42.3. The number of thiazole rings is 1. The summed E-state index contributed by atoms with van der Waals surface area (Å²) < 4.78 is 9.56. The molecule has 4 aromatic carbocycles. The molecule has 2 saturated heterocycles. The molecule has 0 spiro atoms. The number of imide groups is 1. The van der Waals surface area contributed by atoms with Crippen molar-refractivity contribution in [2.45, 2.75) is 103 Å². The van der Waals surface area contributed by atoms with Crippen molar-refractivity contribution in [2.24, 2.45) is 13.0 Å². The second kappa shape index (κ2) is 21.0. The highest BCUT2D eigenvalue weighted by Gasteiger charge is 2.33. The molecule has 3 amide bonds. The minimum absolute atomic E-state index is 0.0173. The number of ether oxygens (including phenoxy) is 1. The number of nitrogens with zero attached hydrogens (tertiary/aromatic N) is 7. The van der Waals surface area contributed by atoms with Gasteiger partial charge in [0.05, 0.1) is 33.4 Å². The second-order valence-electron chi connectivity index (χ2n) is 20.7. The minimum Gasteiger partial charge on any atom is -0.490 e. The molecule has 3 N–H and O–H groups in total. The van der Waals surface area contributed by atoms with Gasteiger partial charge in [0.1, 0.15) is 11.6 Å². The average molecular weight is 1010 g/mol. The minimum atomic E-state index is -1.10. The Bertz CT molecular complexity index is 3250. The molecule has 11 rings (SSSR count). The van der Waals surface area contributed by atoms with E-state index in [1.54, 1.807) is 0 Å². The van der Waals surface area contributed by atoms with Crippen LogP contribution in [0.1, 0.15) is 114 Å². The summed E-state index contributed by atoms with van der Waals surface area (Å²) in [6, 6.07) is 30.0. The van der Waals surface area contributed by atoms with Crippen molar-refractivity contribution in [1.82, 2.24) is 30.0 Å². The van der Waals surface area contributed by atoms with Gasteiger partial charge >= 0.3 is 5.97 Å². The Morgan fingerprint density at radius 2 is 1.72 bits per heavy atom.